The molecule has 0 bridgehead atoms. The Labute approximate surface area is 152 Å². The van der Waals surface area contributed by atoms with Crippen LogP contribution in [0.3, 0.4) is 0 Å². The molecule has 0 aliphatic carbocycles. The van der Waals surface area contributed by atoms with E-state index in [0.717, 1.165) is 11.1 Å². The highest BCUT2D eigenvalue weighted by Gasteiger charge is 2.13. The SMILES string of the molecule is O=C(O)[C@@H](O)Cc1ccccc1.O=C(O)[C@H](O)Cc1ccccc1.S. The van der Waals surface area contributed by atoms with Crippen LogP contribution in [-0.2, 0) is 22.4 Å². The molecule has 136 valence electrons. The largest absolute Gasteiger partial charge is 0.479 e. The van der Waals surface area contributed by atoms with Crippen LogP contribution in [-0.4, -0.2) is 44.6 Å². The molecule has 4 N–H and O–H groups in total. The number of carboxylic acid groups (broad SMARTS) is 2. The van der Waals surface area contributed by atoms with E-state index in [0.29, 0.717) is 0 Å². The van der Waals surface area contributed by atoms with E-state index in [4.69, 9.17) is 20.4 Å². The number of aliphatic carboxylic acids is 2. The quantitative estimate of drug-likeness (QED) is 0.615. The van der Waals surface area contributed by atoms with Crippen LogP contribution in [0.4, 0.5) is 0 Å². The summed E-state index contributed by atoms with van der Waals surface area (Å²) in [6, 6.07) is 18.1. The molecule has 0 radical (unpaired) electrons. The molecule has 2 aromatic carbocycles. The Morgan fingerprint density at radius 3 is 1.20 bits per heavy atom. The van der Waals surface area contributed by atoms with Gasteiger partial charge in [0.15, 0.2) is 12.2 Å². The highest BCUT2D eigenvalue weighted by molar-refractivity contribution is 7.59. The highest BCUT2D eigenvalue weighted by Crippen LogP contribution is 2.03. The number of hydrogen-bond acceptors (Lipinski definition) is 4. The topological polar surface area (TPSA) is 115 Å². The van der Waals surface area contributed by atoms with Crippen LogP contribution < -0.4 is 0 Å². The van der Waals surface area contributed by atoms with Crippen molar-refractivity contribution < 1.29 is 30.0 Å². The third-order valence-electron chi connectivity index (χ3n) is 3.11. The van der Waals surface area contributed by atoms with Crippen LogP contribution in [0, 0.1) is 0 Å². The van der Waals surface area contributed by atoms with E-state index in [1.54, 1.807) is 24.3 Å². The number of aliphatic hydroxyl groups is 2. The van der Waals surface area contributed by atoms with Crippen molar-refractivity contribution >= 4 is 25.4 Å². The van der Waals surface area contributed by atoms with Gasteiger partial charge in [0.05, 0.1) is 0 Å². The van der Waals surface area contributed by atoms with Crippen LogP contribution in [0.25, 0.3) is 0 Å². The minimum atomic E-state index is -1.30. The number of carboxylic acids is 2. The molecule has 2 rings (SSSR count). The van der Waals surface area contributed by atoms with Crippen molar-refractivity contribution in [2.75, 3.05) is 0 Å². The van der Waals surface area contributed by atoms with E-state index in [2.05, 4.69) is 0 Å². The van der Waals surface area contributed by atoms with Crippen molar-refractivity contribution in [1.82, 2.24) is 0 Å². The lowest BCUT2D eigenvalue weighted by Crippen LogP contribution is -2.21. The van der Waals surface area contributed by atoms with E-state index >= 15 is 0 Å². The number of rotatable bonds is 6. The molecule has 0 spiro atoms. The number of carbonyl (C=O) groups is 2. The van der Waals surface area contributed by atoms with Gasteiger partial charge in [-0.1, -0.05) is 60.7 Å². The van der Waals surface area contributed by atoms with E-state index < -0.39 is 24.1 Å². The maximum atomic E-state index is 10.3. The second-order valence-corrected chi connectivity index (χ2v) is 5.09. The summed E-state index contributed by atoms with van der Waals surface area (Å²) in [4.78, 5) is 20.5. The first kappa shape index (κ1) is 22.6. The molecule has 6 nitrogen and oxygen atoms in total. The smallest absolute Gasteiger partial charge is 0.332 e. The summed E-state index contributed by atoms with van der Waals surface area (Å²) in [7, 11) is 0. The Kier molecular flexibility index (Phi) is 10.9. The van der Waals surface area contributed by atoms with Crippen molar-refractivity contribution in [3.8, 4) is 0 Å². The van der Waals surface area contributed by atoms with Gasteiger partial charge in [-0.3, -0.25) is 0 Å². The van der Waals surface area contributed by atoms with Crippen molar-refractivity contribution in [2.45, 2.75) is 25.0 Å². The summed E-state index contributed by atoms with van der Waals surface area (Å²) in [5.41, 5.74) is 1.65. The summed E-state index contributed by atoms with van der Waals surface area (Å²) < 4.78 is 0. The van der Waals surface area contributed by atoms with Crippen molar-refractivity contribution in [2.24, 2.45) is 0 Å². The number of aliphatic hydroxyl groups excluding tert-OH is 2. The zero-order chi connectivity index (χ0) is 17.9. The highest BCUT2D eigenvalue weighted by atomic mass is 32.1. The Morgan fingerprint density at radius 1 is 0.680 bits per heavy atom. The summed E-state index contributed by atoms with van der Waals surface area (Å²) in [5, 5.41) is 34.7. The van der Waals surface area contributed by atoms with E-state index in [1.165, 1.54) is 0 Å². The van der Waals surface area contributed by atoms with Gasteiger partial charge in [-0.05, 0) is 11.1 Å². The van der Waals surface area contributed by atoms with Gasteiger partial charge < -0.3 is 20.4 Å². The van der Waals surface area contributed by atoms with Gasteiger partial charge >= 0.3 is 11.9 Å². The Morgan fingerprint density at radius 2 is 0.960 bits per heavy atom. The van der Waals surface area contributed by atoms with Gasteiger partial charge in [0.25, 0.3) is 0 Å². The fourth-order valence-electron chi connectivity index (χ4n) is 1.85. The van der Waals surface area contributed by atoms with Crippen molar-refractivity contribution in [1.29, 1.82) is 0 Å². The second kappa shape index (κ2) is 12.1. The lowest BCUT2D eigenvalue weighted by Gasteiger charge is -2.03. The molecule has 0 aliphatic heterocycles. The second-order valence-electron chi connectivity index (χ2n) is 5.09. The molecule has 0 aliphatic rings. The minimum Gasteiger partial charge on any atom is -0.479 e. The van der Waals surface area contributed by atoms with Crippen LogP contribution in [0.2, 0.25) is 0 Å². The number of benzene rings is 2. The molecule has 2 aromatic rings. The molecule has 0 saturated carbocycles. The molecular weight excluding hydrogens is 344 g/mol. The zero-order valence-corrected chi connectivity index (χ0v) is 14.4. The fourth-order valence-corrected chi connectivity index (χ4v) is 1.85. The Hall–Kier alpha value is -2.35. The lowest BCUT2D eigenvalue weighted by atomic mass is 10.1. The molecule has 25 heavy (non-hydrogen) atoms. The van der Waals surface area contributed by atoms with Gasteiger partial charge in [0, 0.05) is 12.8 Å². The molecule has 2 atom stereocenters. The molecule has 0 unspecified atom stereocenters. The first-order chi connectivity index (χ1) is 11.4. The van der Waals surface area contributed by atoms with E-state index in [-0.39, 0.29) is 26.3 Å². The van der Waals surface area contributed by atoms with Gasteiger partial charge in [-0.2, -0.15) is 13.5 Å². The van der Waals surface area contributed by atoms with Crippen LogP contribution >= 0.6 is 13.5 Å². The maximum Gasteiger partial charge on any atom is 0.332 e. The summed E-state index contributed by atoms with van der Waals surface area (Å²) in [5.74, 6) is -2.36. The monoisotopic (exact) mass is 366 g/mol. The zero-order valence-electron chi connectivity index (χ0n) is 13.4. The van der Waals surface area contributed by atoms with Crippen LogP contribution in [0.1, 0.15) is 11.1 Å². The predicted molar refractivity (Wildman–Crippen MR) is 98.0 cm³/mol. The van der Waals surface area contributed by atoms with Crippen molar-refractivity contribution in [3.63, 3.8) is 0 Å². The molecule has 0 heterocycles. The predicted octanol–water partition coefficient (Wildman–Crippen LogP) is 1.46. The minimum absolute atomic E-state index is 0. The van der Waals surface area contributed by atoms with Crippen molar-refractivity contribution in [3.05, 3.63) is 71.8 Å². The average Bonchev–Trinajstić information content (AvgIpc) is 2.57. The molecule has 0 fully saturated rings. The van der Waals surface area contributed by atoms with Gasteiger partial charge in [-0.25, -0.2) is 9.59 Å². The Balaban J connectivity index is 0.000000443. The third-order valence-corrected chi connectivity index (χ3v) is 3.11. The standard InChI is InChI=1S/2C9H10O3.H2S/c2*10-8(9(11)12)6-7-4-2-1-3-5-7;/h2*1-5,8,10H,6H2,(H,11,12);1H2/t2*8-;/m10./s1. The normalized spacial score (nSPS) is 11.9. The fraction of sp³-hybridized carbons (Fsp3) is 0.222. The summed E-state index contributed by atoms with van der Waals surface area (Å²) >= 11 is 0. The molecule has 7 heteroatoms. The molecule has 0 aromatic heterocycles. The van der Waals surface area contributed by atoms with Gasteiger partial charge in [0.2, 0.25) is 0 Å². The summed E-state index contributed by atoms with van der Waals surface area (Å²) in [6.07, 6.45) is -2.27. The average molecular weight is 366 g/mol. The van der Waals surface area contributed by atoms with Crippen LogP contribution in [0.5, 0.6) is 0 Å². The third kappa shape index (κ3) is 9.51. The molecule has 0 saturated heterocycles. The summed E-state index contributed by atoms with van der Waals surface area (Å²) in [6.45, 7) is 0. The number of hydrogen-bond donors (Lipinski definition) is 4. The van der Waals surface area contributed by atoms with E-state index in [9.17, 15) is 9.59 Å². The first-order valence-electron chi connectivity index (χ1n) is 7.29. The van der Waals surface area contributed by atoms with E-state index in [1.807, 2.05) is 36.4 Å². The molecule has 0 amide bonds. The van der Waals surface area contributed by atoms with Crippen LogP contribution in [0.15, 0.2) is 60.7 Å². The Bertz CT molecular complexity index is 575. The first-order valence-corrected chi connectivity index (χ1v) is 7.29. The lowest BCUT2D eigenvalue weighted by molar-refractivity contribution is -0.147. The van der Waals surface area contributed by atoms with Gasteiger partial charge in [-0.15, -0.1) is 0 Å². The maximum absolute atomic E-state index is 10.3. The molecular formula is C18H22O6S. The van der Waals surface area contributed by atoms with Gasteiger partial charge in [0.1, 0.15) is 0 Å².